The molecule has 7 heteroatoms. The standard InChI is InChI=1S/C19H19N3O3S/c1-24-15-9-7-14(8-10-15)13-17(23)20-19-22-21-18(26-19)11-12-25-16-5-3-2-4-6-16/h2-10H,11-13H2,1H3,(H,20,22,23). The number of hydrogen-bond acceptors (Lipinski definition) is 6. The molecule has 0 aliphatic carbocycles. The van der Waals surface area contributed by atoms with E-state index in [1.807, 2.05) is 54.6 Å². The number of nitrogens with zero attached hydrogens (tertiary/aromatic N) is 2. The number of nitrogens with one attached hydrogen (secondary N) is 1. The number of anilines is 1. The lowest BCUT2D eigenvalue weighted by atomic mass is 10.1. The fourth-order valence-corrected chi connectivity index (χ4v) is 3.01. The Labute approximate surface area is 155 Å². The van der Waals surface area contributed by atoms with Crippen LogP contribution in [0.1, 0.15) is 10.6 Å². The summed E-state index contributed by atoms with van der Waals surface area (Å²) in [6.45, 7) is 0.512. The first-order valence-electron chi connectivity index (χ1n) is 8.16. The lowest BCUT2D eigenvalue weighted by molar-refractivity contribution is -0.115. The van der Waals surface area contributed by atoms with E-state index in [1.165, 1.54) is 11.3 Å². The van der Waals surface area contributed by atoms with Gasteiger partial charge in [0.05, 0.1) is 20.1 Å². The summed E-state index contributed by atoms with van der Waals surface area (Å²) < 4.78 is 10.7. The van der Waals surface area contributed by atoms with Gasteiger partial charge in [-0.3, -0.25) is 4.79 Å². The molecule has 0 atom stereocenters. The second-order valence-electron chi connectivity index (χ2n) is 5.49. The van der Waals surface area contributed by atoms with E-state index in [0.717, 1.165) is 22.1 Å². The second-order valence-corrected chi connectivity index (χ2v) is 6.55. The number of hydrogen-bond donors (Lipinski definition) is 1. The summed E-state index contributed by atoms with van der Waals surface area (Å²) in [7, 11) is 1.61. The van der Waals surface area contributed by atoms with Crippen molar-refractivity contribution in [2.24, 2.45) is 0 Å². The lowest BCUT2D eigenvalue weighted by Gasteiger charge is -2.04. The van der Waals surface area contributed by atoms with Crippen LogP contribution in [0.2, 0.25) is 0 Å². The van der Waals surface area contributed by atoms with E-state index in [-0.39, 0.29) is 12.3 Å². The van der Waals surface area contributed by atoms with Gasteiger partial charge < -0.3 is 14.8 Å². The molecule has 0 saturated heterocycles. The number of para-hydroxylation sites is 1. The summed E-state index contributed by atoms with van der Waals surface area (Å²) in [5, 5.41) is 12.2. The third-order valence-corrected chi connectivity index (χ3v) is 4.46. The van der Waals surface area contributed by atoms with Gasteiger partial charge in [-0.1, -0.05) is 41.7 Å². The Kier molecular flexibility index (Phi) is 6.16. The quantitative estimate of drug-likeness (QED) is 0.659. The van der Waals surface area contributed by atoms with Crippen molar-refractivity contribution in [2.45, 2.75) is 12.8 Å². The maximum atomic E-state index is 12.1. The topological polar surface area (TPSA) is 73.3 Å². The molecule has 2 aromatic carbocycles. The van der Waals surface area contributed by atoms with Crippen LogP contribution >= 0.6 is 11.3 Å². The zero-order valence-electron chi connectivity index (χ0n) is 14.3. The molecule has 1 aromatic heterocycles. The minimum atomic E-state index is -0.126. The molecule has 0 aliphatic rings. The van der Waals surface area contributed by atoms with Gasteiger partial charge in [0.1, 0.15) is 16.5 Å². The molecule has 0 bridgehead atoms. The Morgan fingerprint density at radius 3 is 2.54 bits per heavy atom. The van der Waals surface area contributed by atoms with E-state index in [1.54, 1.807) is 7.11 Å². The molecule has 3 rings (SSSR count). The van der Waals surface area contributed by atoms with E-state index in [0.29, 0.717) is 18.2 Å². The first-order valence-corrected chi connectivity index (χ1v) is 8.97. The summed E-state index contributed by atoms with van der Waals surface area (Å²) >= 11 is 1.36. The van der Waals surface area contributed by atoms with Gasteiger partial charge in [-0.05, 0) is 29.8 Å². The van der Waals surface area contributed by atoms with E-state index in [9.17, 15) is 4.79 Å². The van der Waals surface area contributed by atoms with Crippen molar-refractivity contribution in [3.05, 3.63) is 65.2 Å². The summed E-state index contributed by atoms with van der Waals surface area (Å²) in [5.41, 5.74) is 0.907. The zero-order valence-corrected chi connectivity index (χ0v) is 15.2. The molecule has 1 heterocycles. The normalized spacial score (nSPS) is 10.3. The second kappa shape index (κ2) is 8.96. The van der Waals surface area contributed by atoms with Crippen molar-refractivity contribution in [1.82, 2.24) is 10.2 Å². The van der Waals surface area contributed by atoms with Gasteiger partial charge in [0.15, 0.2) is 0 Å². The molecule has 1 amide bonds. The van der Waals surface area contributed by atoms with Crippen LogP contribution in [-0.4, -0.2) is 29.8 Å². The number of amides is 1. The molecule has 0 aliphatic heterocycles. The predicted molar refractivity (Wildman–Crippen MR) is 101 cm³/mol. The van der Waals surface area contributed by atoms with Crippen LogP contribution in [0.3, 0.4) is 0 Å². The van der Waals surface area contributed by atoms with Crippen molar-refractivity contribution >= 4 is 22.4 Å². The summed E-state index contributed by atoms with van der Waals surface area (Å²) in [6.07, 6.45) is 0.914. The van der Waals surface area contributed by atoms with E-state index in [4.69, 9.17) is 9.47 Å². The highest BCUT2D eigenvalue weighted by molar-refractivity contribution is 7.15. The number of rotatable bonds is 8. The maximum Gasteiger partial charge on any atom is 0.230 e. The van der Waals surface area contributed by atoms with E-state index >= 15 is 0 Å². The molecule has 1 N–H and O–H groups in total. The fourth-order valence-electron chi connectivity index (χ4n) is 2.27. The van der Waals surface area contributed by atoms with Gasteiger partial charge in [-0.2, -0.15) is 0 Å². The number of carbonyl (C=O) groups is 1. The molecule has 26 heavy (non-hydrogen) atoms. The van der Waals surface area contributed by atoms with Gasteiger partial charge in [0.2, 0.25) is 11.0 Å². The number of ether oxygens (including phenoxy) is 2. The Balaban J connectivity index is 1.45. The Morgan fingerprint density at radius 2 is 1.81 bits per heavy atom. The molecule has 134 valence electrons. The third-order valence-electron chi connectivity index (χ3n) is 3.56. The first-order chi connectivity index (χ1) is 12.7. The van der Waals surface area contributed by atoms with Crippen LogP contribution in [0.25, 0.3) is 0 Å². The highest BCUT2D eigenvalue weighted by Gasteiger charge is 2.09. The molecule has 0 saturated carbocycles. The molecule has 0 fully saturated rings. The Bertz CT molecular complexity index is 835. The number of benzene rings is 2. The molecular formula is C19H19N3O3S. The van der Waals surface area contributed by atoms with Crippen molar-refractivity contribution in [3.63, 3.8) is 0 Å². The van der Waals surface area contributed by atoms with Crippen LogP contribution < -0.4 is 14.8 Å². The van der Waals surface area contributed by atoms with Crippen LogP contribution in [0, 0.1) is 0 Å². The summed E-state index contributed by atoms with van der Waals surface area (Å²) in [6, 6.07) is 17.0. The van der Waals surface area contributed by atoms with Gasteiger partial charge >= 0.3 is 0 Å². The highest BCUT2D eigenvalue weighted by atomic mass is 32.1. The Hall–Kier alpha value is -2.93. The zero-order chi connectivity index (χ0) is 18.2. The maximum absolute atomic E-state index is 12.1. The Morgan fingerprint density at radius 1 is 1.04 bits per heavy atom. The minimum Gasteiger partial charge on any atom is -0.497 e. The molecule has 0 radical (unpaired) electrons. The van der Waals surface area contributed by atoms with Crippen molar-refractivity contribution in [1.29, 1.82) is 0 Å². The number of carbonyl (C=O) groups excluding carboxylic acids is 1. The van der Waals surface area contributed by atoms with Gasteiger partial charge in [-0.15, -0.1) is 10.2 Å². The van der Waals surface area contributed by atoms with Gasteiger partial charge in [0.25, 0.3) is 0 Å². The van der Waals surface area contributed by atoms with Crippen molar-refractivity contribution in [3.8, 4) is 11.5 Å². The number of methoxy groups -OCH3 is 1. The largest absolute Gasteiger partial charge is 0.497 e. The van der Waals surface area contributed by atoms with Crippen molar-refractivity contribution in [2.75, 3.05) is 19.0 Å². The van der Waals surface area contributed by atoms with Crippen LogP contribution in [-0.2, 0) is 17.6 Å². The van der Waals surface area contributed by atoms with Gasteiger partial charge in [0, 0.05) is 6.42 Å². The van der Waals surface area contributed by atoms with Gasteiger partial charge in [-0.25, -0.2) is 0 Å². The summed E-state index contributed by atoms with van der Waals surface area (Å²) in [5.74, 6) is 1.46. The van der Waals surface area contributed by atoms with E-state index < -0.39 is 0 Å². The monoisotopic (exact) mass is 369 g/mol. The van der Waals surface area contributed by atoms with Crippen molar-refractivity contribution < 1.29 is 14.3 Å². The SMILES string of the molecule is COc1ccc(CC(=O)Nc2nnc(CCOc3ccccc3)s2)cc1. The molecular weight excluding hydrogens is 350 g/mol. The molecule has 6 nitrogen and oxygen atoms in total. The van der Waals surface area contributed by atoms with Crippen LogP contribution in [0.15, 0.2) is 54.6 Å². The average molecular weight is 369 g/mol. The average Bonchev–Trinajstić information content (AvgIpc) is 3.10. The van der Waals surface area contributed by atoms with E-state index in [2.05, 4.69) is 15.5 Å². The lowest BCUT2D eigenvalue weighted by Crippen LogP contribution is -2.14. The smallest absolute Gasteiger partial charge is 0.230 e. The number of aromatic nitrogens is 2. The molecule has 3 aromatic rings. The predicted octanol–water partition coefficient (Wildman–Crippen LogP) is 3.35. The van der Waals surface area contributed by atoms with Crippen LogP contribution in [0.5, 0.6) is 11.5 Å². The highest BCUT2D eigenvalue weighted by Crippen LogP contribution is 2.17. The fraction of sp³-hybridized carbons (Fsp3) is 0.211. The van der Waals surface area contributed by atoms with Crippen LogP contribution in [0.4, 0.5) is 5.13 Å². The minimum absolute atomic E-state index is 0.126. The summed E-state index contributed by atoms with van der Waals surface area (Å²) in [4.78, 5) is 12.1. The molecule has 0 spiro atoms. The third kappa shape index (κ3) is 5.29. The molecule has 0 unspecified atom stereocenters. The first kappa shape index (κ1) is 17.9.